The largest absolute Gasteiger partial charge is 0.478 e. The highest BCUT2D eigenvalue weighted by atomic mass is 16.5. The summed E-state index contributed by atoms with van der Waals surface area (Å²) in [6.07, 6.45) is 1.59. The van der Waals surface area contributed by atoms with Gasteiger partial charge < -0.3 is 14.3 Å². The van der Waals surface area contributed by atoms with Crippen LogP contribution < -0.4 is 5.01 Å². The molecule has 1 aliphatic heterocycles. The Morgan fingerprint density at radius 2 is 1.81 bits per heavy atom. The van der Waals surface area contributed by atoms with Crippen LogP contribution in [0.4, 0.5) is 5.69 Å². The number of nitrogens with zero attached hydrogens (tertiary/aromatic N) is 2. The highest BCUT2D eigenvalue weighted by Crippen LogP contribution is 2.28. The topological polar surface area (TPSA) is 109 Å². The highest BCUT2D eigenvalue weighted by molar-refractivity contribution is 6.32. The van der Waals surface area contributed by atoms with Gasteiger partial charge in [-0.15, -0.1) is 0 Å². The second-order valence-corrected chi connectivity index (χ2v) is 6.99. The third-order valence-electron chi connectivity index (χ3n) is 4.90. The number of carbonyl (C=O) groups excluding carboxylic acids is 2. The van der Waals surface area contributed by atoms with Gasteiger partial charge in [-0.2, -0.15) is 10.1 Å². The van der Waals surface area contributed by atoms with Crippen molar-refractivity contribution in [1.82, 2.24) is 0 Å². The monoisotopic (exact) mass is 430 g/mol. The summed E-state index contributed by atoms with van der Waals surface area (Å²) >= 11 is 0. The number of aromatic carboxylic acids is 1. The Bertz CT molecular complexity index is 1280. The molecule has 3 aromatic rings. The maximum atomic E-state index is 12.9. The smallest absolute Gasteiger partial charge is 0.337 e. The number of anilines is 1. The van der Waals surface area contributed by atoms with Crippen LogP contribution in [-0.2, 0) is 9.53 Å². The van der Waals surface area contributed by atoms with Gasteiger partial charge in [0, 0.05) is 5.56 Å². The molecule has 2 aromatic carbocycles. The molecule has 32 heavy (non-hydrogen) atoms. The summed E-state index contributed by atoms with van der Waals surface area (Å²) in [5.41, 5.74) is 2.53. The summed E-state index contributed by atoms with van der Waals surface area (Å²) in [6, 6.07) is 16.2. The molecule has 4 rings (SSSR count). The molecule has 0 spiro atoms. The van der Waals surface area contributed by atoms with Gasteiger partial charge in [-0.05, 0) is 61.5 Å². The van der Waals surface area contributed by atoms with Crippen LogP contribution >= 0.6 is 0 Å². The molecule has 2 heterocycles. The molecular weight excluding hydrogens is 412 g/mol. The van der Waals surface area contributed by atoms with Crippen LogP contribution in [0.15, 0.2) is 75.8 Å². The third kappa shape index (κ3) is 3.93. The number of carbonyl (C=O) groups is 3. The maximum absolute atomic E-state index is 12.9. The van der Waals surface area contributed by atoms with Gasteiger partial charge in [-0.1, -0.05) is 12.1 Å². The molecule has 0 unspecified atom stereocenters. The molecule has 8 nitrogen and oxygen atoms in total. The lowest BCUT2D eigenvalue weighted by molar-refractivity contribution is -0.114. The minimum Gasteiger partial charge on any atom is -0.478 e. The molecule has 0 fully saturated rings. The van der Waals surface area contributed by atoms with E-state index >= 15 is 0 Å². The van der Waals surface area contributed by atoms with E-state index in [9.17, 15) is 14.4 Å². The summed E-state index contributed by atoms with van der Waals surface area (Å²) in [4.78, 5) is 35.7. The van der Waals surface area contributed by atoms with Gasteiger partial charge in [0.05, 0.1) is 35.2 Å². The van der Waals surface area contributed by atoms with Crippen LogP contribution in [0.1, 0.15) is 33.4 Å². The standard InChI is InChI=1S/C24H18N2O6/c1-14-20(22(27)26(25-14)18-8-6-15(7-9-18)24(30)31-2)13-19-10-11-21(32-19)16-4-3-5-17(12-16)23(28)29/h3-13H,1-2H3,(H,28,29). The zero-order valence-corrected chi connectivity index (χ0v) is 17.2. The number of furan rings is 1. The molecule has 1 aromatic heterocycles. The summed E-state index contributed by atoms with van der Waals surface area (Å²) in [5.74, 6) is -0.910. The van der Waals surface area contributed by atoms with E-state index in [1.807, 2.05) is 0 Å². The Kier molecular flexibility index (Phi) is 5.43. The average molecular weight is 430 g/mol. The molecule has 0 saturated carbocycles. The number of benzene rings is 2. The molecular formula is C24H18N2O6. The van der Waals surface area contributed by atoms with Gasteiger partial charge in [0.1, 0.15) is 11.5 Å². The molecule has 0 atom stereocenters. The average Bonchev–Trinajstić information content (AvgIpc) is 3.39. The van der Waals surface area contributed by atoms with Crippen molar-refractivity contribution in [3.8, 4) is 11.3 Å². The van der Waals surface area contributed by atoms with E-state index in [2.05, 4.69) is 9.84 Å². The first-order chi connectivity index (χ1) is 15.4. The quantitative estimate of drug-likeness (QED) is 0.479. The van der Waals surface area contributed by atoms with Crippen molar-refractivity contribution in [2.45, 2.75) is 6.92 Å². The number of methoxy groups -OCH3 is 1. The first-order valence-corrected chi connectivity index (χ1v) is 9.61. The minimum absolute atomic E-state index is 0.154. The molecule has 0 bridgehead atoms. The van der Waals surface area contributed by atoms with Gasteiger partial charge in [-0.25, -0.2) is 9.59 Å². The molecule has 160 valence electrons. The second kappa shape index (κ2) is 8.35. The predicted molar refractivity (Wildman–Crippen MR) is 117 cm³/mol. The van der Waals surface area contributed by atoms with Crippen molar-refractivity contribution < 1.29 is 28.6 Å². The van der Waals surface area contributed by atoms with Gasteiger partial charge in [0.2, 0.25) is 0 Å². The number of carboxylic acids is 1. The van der Waals surface area contributed by atoms with Gasteiger partial charge in [-0.3, -0.25) is 4.79 Å². The Morgan fingerprint density at radius 1 is 1.06 bits per heavy atom. The van der Waals surface area contributed by atoms with Crippen LogP contribution in [-0.4, -0.2) is 35.8 Å². The van der Waals surface area contributed by atoms with Crippen molar-refractivity contribution in [3.63, 3.8) is 0 Å². The third-order valence-corrected chi connectivity index (χ3v) is 4.90. The van der Waals surface area contributed by atoms with Crippen LogP contribution in [0.25, 0.3) is 17.4 Å². The number of esters is 1. The lowest BCUT2D eigenvalue weighted by Gasteiger charge is -2.12. The number of hydrazone groups is 1. The van der Waals surface area contributed by atoms with Crippen molar-refractivity contribution in [2.75, 3.05) is 12.1 Å². The van der Waals surface area contributed by atoms with E-state index in [0.29, 0.717) is 39.6 Å². The molecule has 0 radical (unpaired) electrons. The van der Waals surface area contributed by atoms with Crippen molar-refractivity contribution in [3.05, 3.63) is 83.1 Å². The lowest BCUT2D eigenvalue weighted by atomic mass is 10.1. The fourth-order valence-electron chi connectivity index (χ4n) is 3.25. The Hall–Kier alpha value is -4.46. The molecule has 1 N–H and O–H groups in total. The van der Waals surface area contributed by atoms with E-state index < -0.39 is 11.9 Å². The first-order valence-electron chi connectivity index (χ1n) is 9.61. The molecule has 0 aliphatic carbocycles. The Morgan fingerprint density at radius 3 is 2.50 bits per heavy atom. The zero-order valence-electron chi connectivity index (χ0n) is 17.2. The van der Waals surface area contributed by atoms with Crippen molar-refractivity contribution in [1.29, 1.82) is 0 Å². The van der Waals surface area contributed by atoms with E-state index in [-0.39, 0.29) is 11.5 Å². The minimum atomic E-state index is -1.02. The summed E-state index contributed by atoms with van der Waals surface area (Å²) in [5, 5.41) is 14.7. The number of rotatable bonds is 5. The van der Waals surface area contributed by atoms with Gasteiger partial charge in [0.25, 0.3) is 5.91 Å². The number of ether oxygens (including phenoxy) is 1. The van der Waals surface area contributed by atoms with Crippen LogP contribution in [0.2, 0.25) is 0 Å². The molecule has 1 aliphatic rings. The van der Waals surface area contributed by atoms with Crippen LogP contribution in [0.5, 0.6) is 0 Å². The van der Waals surface area contributed by atoms with Gasteiger partial charge in [0.15, 0.2) is 0 Å². The van der Waals surface area contributed by atoms with E-state index in [1.54, 1.807) is 61.5 Å². The van der Waals surface area contributed by atoms with E-state index in [1.165, 1.54) is 24.3 Å². The van der Waals surface area contributed by atoms with Gasteiger partial charge >= 0.3 is 11.9 Å². The van der Waals surface area contributed by atoms with E-state index in [4.69, 9.17) is 9.52 Å². The summed E-state index contributed by atoms with van der Waals surface area (Å²) < 4.78 is 10.5. The fraction of sp³-hybridized carbons (Fsp3) is 0.0833. The second-order valence-electron chi connectivity index (χ2n) is 6.99. The highest BCUT2D eigenvalue weighted by Gasteiger charge is 2.29. The number of amides is 1. The fourth-order valence-corrected chi connectivity index (χ4v) is 3.25. The predicted octanol–water partition coefficient (Wildman–Crippen LogP) is 4.24. The summed E-state index contributed by atoms with van der Waals surface area (Å²) in [6.45, 7) is 1.72. The molecule has 1 amide bonds. The van der Waals surface area contributed by atoms with Crippen LogP contribution in [0.3, 0.4) is 0 Å². The molecule has 0 saturated heterocycles. The van der Waals surface area contributed by atoms with E-state index in [0.717, 1.165) is 0 Å². The van der Waals surface area contributed by atoms with Crippen molar-refractivity contribution in [2.24, 2.45) is 5.10 Å². The lowest BCUT2D eigenvalue weighted by Crippen LogP contribution is -2.21. The normalized spacial score (nSPS) is 14.6. The van der Waals surface area contributed by atoms with Crippen molar-refractivity contribution >= 4 is 35.3 Å². The number of carboxylic acid groups (broad SMARTS) is 1. The number of hydrogen-bond acceptors (Lipinski definition) is 6. The first kappa shape index (κ1) is 20.8. The Labute approximate surface area is 183 Å². The zero-order chi connectivity index (χ0) is 22.8. The maximum Gasteiger partial charge on any atom is 0.337 e. The van der Waals surface area contributed by atoms with Crippen LogP contribution in [0, 0.1) is 0 Å². The summed E-state index contributed by atoms with van der Waals surface area (Å²) in [7, 11) is 1.30. The molecule has 8 heteroatoms. The Balaban J connectivity index is 1.58. The SMILES string of the molecule is COC(=O)c1ccc(N2N=C(C)C(=Cc3ccc(-c4cccc(C(=O)O)c4)o3)C2=O)cc1. The number of hydrogen-bond donors (Lipinski definition) is 1.